The fourth-order valence-corrected chi connectivity index (χ4v) is 1.49. The molecule has 1 saturated carbocycles. The average Bonchev–Trinajstić information content (AvgIpc) is 1.94. The van der Waals surface area contributed by atoms with Gasteiger partial charge >= 0.3 is 5.97 Å². The van der Waals surface area contributed by atoms with Crippen LogP contribution in [-0.2, 0) is 4.79 Å². The molecule has 64 valence electrons. The van der Waals surface area contributed by atoms with E-state index >= 15 is 0 Å². The summed E-state index contributed by atoms with van der Waals surface area (Å²) in [6.45, 7) is 0. The number of carboxylic acid groups (broad SMARTS) is 1. The zero-order valence-electron chi connectivity index (χ0n) is 6.23. The zero-order valence-corrected chi connectivity index (χ0v) is 6.23. The van der Waals surface area contributed by atoms with Gasteiger partial charge in [-0.1, -0.05) is 0 Å². The van der Waals surface area contributed by atoms with E-state index < -0.39 is 24.0 Å². The lowest BCUT2D eigenvalue weighted by atomic mass is 9.83. The molecule has 0 aromatic rings. The number of carbonyl (C=O) groups is 1. The van der Waals surface area contributed by atoms with Crippen LogP contribution >= 0.6 is 0 Å². The molecule has 0 aromatic heterocycles. The van der Waals surface area contributed by atoms with Gasteiger partial charge in [-0.3, -0.25) is 4.79 Å². The molecule has 0 aliphatic heterocycles. The summed E-state index contributed by atoms with van der Waals surface area (Å²) in [4.78, 5) is 10.5. The van der Waals surface area contributed by atoms with Crippen molar-refractivity contribution in [3.8, 4) is 0 Å². The van der Waals surface area contributed by atoms with Gasteiger partial charge in [0.05, 0.1) is 12.0 Å². The number of hydrogen-bond acceptors (Lipinski definition) is 3. The zero-order chi connectivity index (χ0) is 8.43. The highest BCUT2D eigenvalue weighted by Gasteiger charge is 2.33. The van der Waals surface area contributed by atoms with Gasteiger partial charge in [0.25, 0.3) is 0 Å². The molecule has 1 fully saturated rings. The van der Waals surface area contributed by atoms with E-state index in [0.717, 1.165) is 6.42 Å². The van der Waals surface area contributed by atoms with Gasteiger partial charge in [0.15, 0.2) is 0 Å². The summed E-state index contributed by atoms with van der Waals surface area (Å²) in [5, 5.41) is 17.8. The molecule has 0 spiro atoms. The van der Waals surface area contributed by atoms with E-state index in [4.69, 9.17) is 10.8 Å². The quantitative estimate of drug-likeness (QED) is 0.484. The summed E-state index contributed by atoms with van der Waals surface area (Å²) >= 11 is 0. The number of aliphatic hydroxyl groups excluding tert-OH is 1. The second kappa shape index (κ2) is 3.19. The van der Waals surface area contributed by atoms with Crippen molar-refractivity contribution in [1.82, 2.24) is 0 Å². The maximum Gasteiger partial charge on any atom is 0.308 e. The van der Waals surface area contributed by atoms with E-state index in [1.807, 2.05) is 0 Å². The molecule has 1 aliphatic rings. The third kappa shape index (κ3) is 1.70. The van der Waals surface area contributed by atoms with Crippen molar-refractivity contribution in [3.05, 3.63) is 0 Å². The Morgan fingerprint density at radius 3 is 2.55 bits per heavy atom. The van der Waals surface area contributed by atoms with E-state index in [9.17, 15) is 9.90 Å². The molecule has 0 saturated heterocycles. The lowest BCUT2D eigenvalue weighted by Crippen LogP contribution is -2.47. The largest absolute Gasteiger partial charge is 0.481 e. The Morgan fingerprint density at radius 2 is 2.09 bits per heavy atom. The molecule has 0 unspecified atom stereocenters. The standard InChI is InChI=1S/C7H13NO3/c8-6-4(7(10)11)2-1-3-5(6)9/h4-6,9H,1-3,8H2,(H,10,11)/t4-,5+,6+/m1/s1. The van der Waals surface area contributed by atoms with Gasteiger partial charge in [0.2, 0.25) is 0 Å². The fourth-order valence-electron chi connectivity index (χ4n) is 1.49. The number of carboxylic acids is 1. The Morgan fingerprint density at radius 1 is 1.45 bits per heavy atom. The molecular weight excluding hydrogens is 146 g/mol. The van der Waals surface area contributed by atoms with Crippen LogP contribution in [0, 0.1) is 5.92 Å². The summed E-state index contributed by atoms with van der Waals surface area (Å²) in [5.41, 5.74) is 5.49. The van der Waals surface area contributed by atoms with Crippen LogP contribution in [0.4, 0.5) is 0 Å². The predicted octanol–water partition coefficient (Wildman–Crippen LogP) is -0.441. The molecular formula is C7H13NO3. The van der Waals surface area contributed by atoms with Crippen LogP contribution in [-0.4, -0.2) is 28.3 Å². The molecule has 0 bridgehead atoms. The number of aliphatic carboxylic acids is 1. The van der Waals surface area contributed by atoms with Gasteiger partial charge < -0.3 is 15.9 Å². The highest BCUT2D eigenvalue weighted by Crippen LogP contribution is 2.23. The Bertz CT molecular complexity index is 160. The SMILES string of the molecule is N[C@@H]1[C@@H](O)CCC[C@H]1C(=O)O. The van der Waals surface area contributed by atoms with Crippen molar-refractivity contribution in [2.45, 2.75) is 31.4 Å². The molecule has 4 heteroatoms. The highest BCUT2D eigenvalue weighted by atomic mass is 16.4. The molecule has 0 radical (unpaired) electrons. The maximum atomic E-state index is 10.5. The Balaban J connectivity index is 2.58. The Hall–Kier alpha value is -0.610. The lowest BCUT2D eigenvalue weighted by Gasteiger charge is -2.29. The summed E-state index contributed by atoms with van der Waals surface area (Å²) in [7, 11) is 0. The molecule has 1 aliphatic carbocycles. The van der Waals surface area contributed by atoms with Gasteiger partial charge in [-0.15, -0.1) is 0 Å². The van der Waals surface area contributed by atoms with Crippen LogP contribution in [0.3, 0.4) is 0 Å². The van der Waals surface area contributed by atoms with E-state index in [2.05, 4.69) is 0 Å². The van der Waals surface area contributed by atoms with Crippen molar-refractivity contribution >= 4 is 5.97 Å². The smallest absolute Gasteiger partial charge is 0.308 e. The van der Waals surface area contributed by atoms with Crippen LogP contribution in [0.2, 0.25) is 0 Å². The van der Waals surface area contributed by atoms with Gasteiger partial charge in [-0.05, 0) is 19.3 Å². The van der Waals surface area contributed by atoms with E-state index in [1.165, 1.54) is 0 Å². The third-order valence-electron chi connectivity index (χ3n) is 2.24. The van der Waals surface area contributed by atoms with Crippen molar-refractivity contribution in [3.63, 3.8) is 0 Å². The normalized spacial score (nSPS) is 38.5. The van der Waals surface area contributed by atoms with Crippen LogP contribution < -0.4 is 5.73 Å². The summed E-state index contributed by atoms with van der Waals surface area (Å²) in [5.74, 6) is -1.45. The monoisotopic (exact) mass is 159 g/mol. The van der Waals surface area contributed by atoms with Gasteiger partial charge in [-0.25, -0.2) is 0 Å². The minimum atomic E-state index is -0.892. The van der Waals surface area contributed by atoms with Crippen LogP contribution in [0.5, 0.6) is 0 Å². The Kier molecular flexibility index (Phi) is 2.46. The van der Waals surface area contributed by atoms with Crippen LogP contribution in [0.1, 0.15) is 19.3 Å². The molecule has 3 atom stereocenters. The number of rotatable bonds is 1. The minimum Gasteiger partial charge on any atom is -0.481 e. The molecule has 1 rings (SSSR count). The molecule has 0 heterocycles. The van der Waals surface area contributed by atoms with Gasteiger partial charge in [-0.2, -0.15) is 0 Å². The lowest BCUT2D eigenvalue weighted by molar-refractivity contribution is -0.145. The number of hydrogen-bond donors (Lipinski definition) is 3. The van der Waals surface area contributed by atoms with Crippen molar-refractivity contribution in [2.75, 3.05) is 0 Å². The molecule has 11 heavy (non-hydrogen) atoms. The molecule has 4 nitrogen and oxygen atoms in total. The van der Waals surface area contributed by atoms with E-state index in [0.29, 0.717) is 12.8 Å². The number of nitrogens with two attached hydrogens (primary N) is 1. The van der Waals surface area contributed by atoms with Gasteiger partial charge in [0.1, 0.15) is 0 Å². The molecule has 0 aromatic carbocycles. The second-order valence-electron chi connectivity index (χ2n) is 3.02. The summed E-state index contributed by atoms with van der Waals surface area (Å²) < 4.78 is 0. The van der Waals surface area contributed by atoms with Gasteiger partial charge in [0, 0.05) is 6.04 Å². The molecule has 4 N–H and O–H groups in total. The third-order valence-corrected chi connectivity index (χ3v) is 2.24. The first kappa shape index (κ1) is 8.49. The fraction of sp³-hybridized carbons (Fsp3) is 0.857. The average molecular weight is 159 g/mol. The first-order chi connectivity index (χ1) is 5.13. The predicted molar refractivity (Wildman–Crippen MR) is 39.0 cm³/mol. The summed E-state index contributed by atoms with van der Waals surface area (Å²) in [6, 6.07) is -0.582. The van der Waals surface area contributed by atoms with Crippen molar-refractivity contribution in [2.24, 2.45) is 11.7 Å². The minimum absolute atomic E-state index is 0.557. The molecule has 0 amide bonds. The van der Waals surface area contributed by atoms with Crippen molar-refractivity contribution in [1.29, 1.82) is 0 Å². The topological polar surface area (TPSA) is 83.5 Å². The first-order valence-corrected chi connectivity index (χ1v) is 3.79. The maximum absolute atomic E-state index is 10.5. The van der Waals surface area contributed by atoms with Crippen LogP contribution in [0.15, 0.2) is 0 Å². The first-order valence-electron chi connectivity index (χ1n) is 3.79. The van der Waals surface area contributed by atoms with Crippen LogP contribution in [0.25, 0.3) is 0 Å². The number of aliphatic hydroxyl groups is 1. The Labute approximate surface area is 65.0 Å². The van der Waals surface area contributed by atoms with E-state index in [1.54, 1.807) is 0 Å². The summed E-state index contributed by atoms with van der Waals surface area (Å²) in [6.07, 6.45) is 1.34. The second-order valence-corrected chi connectivity index (χ2v) is 3.02. The highest BCUT2D eigenvalue weighted by molar-refractivity contribution is 5.71. The van der Waals surface area contributed by atoms with E-state index in [-0.39, 0.29) is 0 Å². The van der Waals surface area contributed by atoms with Crippen molar-refractivity contribution < 1.29 is 15.0 Å².